The van der Waals surface area contributed by atoms with E-state index in [0.717, 1.165) is 12.2 Å². The van der Waals surface area contributed by atoms with E-state index >= 15 is 0 Å². The van der Waals surface area contributed by atoms with Gasteiger partial charge in [-0.1, -0.05) is 20.8 Å². The Labute approximate surface area is 106 Å². The van der Waals surface area contributed by atoms with E-state index in [4.69, 9.17) is 0 Å². The van der Waals surface area contributed by atoms with Crippen LogP contribution in [-0.4, -0.2) is 20.9 Å². The van der Waals surface area contributed by atoms with Crippen LogP contribution in [0.5, 0.6) is 0 Å². The zero-order valence-corrected chi connectivity index (χ0v) is 11.2. The Morgan fingerprint density at radius 2 is 2.06 bits per heavy atom. The molecule has 0 bridgehead atoms. The minimum atomic E-state index is -0.121. The molecular weight excluding hydrogens is 228 g/mol. The van der Waals surface area contributed by atoms with Gasteiger partial charge in [0.05, 0.1) is 0 Å². The molecule has 0 aliphatic heterocycles. The van der Waals surface area contributed by atoms with Crippen molar-refractivity contribution in [2.45, 2.75) is 27.7 Å². The van der Waals surface area contributed by atoms with E-state index in [0.29, 0.717) is 11.6 Å². The van der Waals surface area contributed by atoms with Gasteiger partial charge in [0.2, 0.25) is 5.78 Å². The second kappa shape index (κ2) is 4.40. The maximum absolute atomic E-state index is 11.9. The summed E-state index contributed by atoms with van der Waals surface area (Å²) in [5, 5.41) is 3.17. The fourth-order valence-corrected chi connectivity index (χ4v) is 1.52. The Hall–Kier alpha value is -1.91. The van der Waals surface area contributed by atoms with Crippen molar-refractivity contribution in [2.75, 3.05) is 11.9 Å². The van der Waals surface area contributed by atoms with Crippen molar-refractivity contribution in [1.29, 1.82) is 0 Å². The Bertz CT molecular complexity index is 625. The maximum Gasteiger partial charge on any atom is 0.261 e. The zero-order chi connectivity index (χ0) is 13.3. The highest BCUT2D eigenvalue weighted by Gasteiger charge is 2.11. The molecule has 0 fully saturated rings. The van der Waals surface area contributed by atoms with Crippen LogP contribution in [0.1, 0.15) is 26.5 Å². The molecule has 0 saturated carbocycles. The topological polar surface area (TPSA) is 59.3 Å². The van der Waals surface area contributed by atoms with Gasteiger partial charge in [-0.2, -0.15) is 4.98 Å². The number of anilines is 1. The number of aryl methyl sites for hydroxylation is 1. The Morgan fingerprint density at radius 1 is 1.33 bits per heavy atom. The first-order valence-corrected chi connectivity index (χ1v) is 5.96. The first-order valence-electron chi connectivity index (χ1n) is 5.96. The van der Waals surface area contributed by atoms with Crippen LogP contribution in [0.2, 0.25) is 0 Å². The van der Waals surface area contributed by atoms with Gasteiger partial charge in [0, 0.05) is 24.5 Å². The van der Waals surface area contributed by atoms with Crippen LogP contribution < -0.4 is 10.9 Å². The number of fused-ring (bicyclic) bond motifs is 1. The summed E-state index contributed by atoms with van der Waals surface area (Å²) in [5.41, 5.74) is 0.853. The van der Waals surface area contributed by atoms with E-state index in [2.05, 4.69) is 36.1 Å². The summed E-state index contributed by atoms with van der Waals surface area (Å²) >= 11 is 0. The first kappa shape index (κ1) is 12.5. The minimum Gasteiger partial charge on any atom is -0.369 e. The third-order valence-corrected chi connectivity index (χ3v) is 2.47. The molecule has 0 aliphatic carbocycles. The SMILES string of the molecule is Cc1ccn2c(=O)cc(NCC(C)(C)C)nc2n1. The van der Waals surface area contributed by atoms with Crippen molar-refractivity contribution in [3.8, 4) is 0 Å². The summed E-state index contributed by atoms with van der Waals surface area (Å²) < 4.78 is 1.44. The molecule has 0 unspecified atom stereocenters. The molecule has 0 radical (unpaired) electrons. The minimum absolute atomic E-state index is 0.121. The van der Waals surface area contributed by atoms with Crippen LogP contribution >= 0.6 is 0 Å². The first-order chi connectivity index (χ1) is 8.35. The van der Waals surface area contributed by atoms with Gasteiger partial charge in [-0.25, -0.2) is 4.98 Å². The van der Waals surface area contributed by atoms with Crippen molar-refractivity contribution in [1.82, 2.24) is 14.4 Å². The van der Waals surface area contributed by atoms with Crippen molar-refractivity contribution in [3.05, 3.63) is 34.4 Å². The summed E-state index contributed by atoms with van der Waals surface area (Å²) in [6.45, 7) is 8.99. The molecule has 0 amide bonds. The third-order valence-electron chi connectivity index (χ3n) is 2.47. The summed E-state index contributed by atoms with van der Waals surface area (Å²) in [6.07, 6.45) is 1.69. The fraction of sp³-hybridized carbons (Fsp3) is 0.462. The molecule has 5 nitrogen and oxygen atoms in total. The molecule has 96 valence electrons. The molecule has 0 atom stereocenters. The smallest absolute Gasteiger partial charge is 0.261 e. The molecule has 2 heterocycles. The van der Waals surface area contributed by atoms with Crippen molar-refractivity contribution in [3.63, 3.8) is 0 Å². The van der Waals surface area contributed by atoms with E-state index in [1.807, 2.05) is 6.92 Å². The van der Waals surface area contributed by atoms with Gasteiger partial charge < -0.3 is 5.32 Å². The van der Waals surface area contributed by atoms with Crippen LogP contribution in [0.25, 0.3) is 5.78 Å². The molecule has 2 rings (SSSR count). The monoisotopic (exact) mass is 246 g/mol. The van der Waals surface area contributed by atoms with Crippen LogP contribution in [0.3, 0.4) is 0 Å². The number of rotatable bonds is 2. The van der Waals surface area contributed by atoms with E-state index in [1.165, 1.54) is 10.5 Å². The quantitative estimate of drug-likeness (QED) is 0.878. The standard InChI is InChI=1S/C13H18N4O/c1-9-5-6-17-11(18)7-10(16-12(17)15-9)14-8-13(2,3)4/h5-7,14H,8H2,1-4H3. The molecule has 2 aromatic heterocycles. The number of aromatic nitrogens is 3. The van der Waals surface area contributed by atoms with Crippen LogP contribution in [0.15, 0.2) is 23.1 Å². The highest BCUT2D eigenvalue weighted by molar-refractivity contribution is 5.42. The second-order valence-corrected chi connectivity index (χ2v) is 5.63. The van der Waals surface area contributed by atoms with Gasteiger partial charge in [-0.15, -0.1) is 0 Å². The predicted octanol–water partition coefficient (Wildman–Crippen LogP) is 1.86. The van der Waals surface area contributed by atoms with Gasteiger partial charge in [0.15, 0.2) is 0 Å². The van der Waals surface area contributed by atoms with Crippen LogP contribution in [-0.2, 0) is 0 Å². The molecule has 0 saturated heterocycles. The Balaban J connectivity index is 2.39. The fourth-order valence-electron chi connectivity index (χ4n) is 1.52. The zero-order valence-electron chi connectivity index (χ0n) is 11.2. The summed E-state index contributed by atoms with van der Waals surface area (Å²) in [5.74, 6) is 1.01. The molecule has 2 aromatic rings. The molecule has 1 N–H and O–H groups in total. The number of hydrogen-bond donors (Lipinski definition) is 1. The summed E-state index contributed by atoms with van der Waals surface area (Å²) in [7, 11) is 0. The van der Waals surface area contributed by atoms with E-state index in [9.17, 15) is 4.79 Å². The average Bonchev–Trinajstić information content (AvgIpc) is 2.24. The van der Waals surface area contributed by atoms with Gasteiger partial charge in [0.25, 0.3) is 5.56 Å². The largest absolute Gasteiger partial charge is 0.369 e. The molecule has 0 aromatic carbocycles. The van der Waals surface area contributed by atoms with E-state index in [1.54, 1.807) is 12.3 Å². The van der Waals surface area contributed by atoms with Gasteiger partial charge >= 0.3 is 0 Å². The lowest BCUT2D eigenvalue weighted by atomic mass is 9.97. The normalized spacial score (nSPS) is 11.8. The predicted molar refractivity (Wildman–Crippen MR) is 71.9 cm³/mol. The third kappa shape index (κ3) is 2.85. The number of nitrogens with one attached hydrogen (secondary N) is 1. The molecule has 0 aliphatic rings. The van der Waals surface area contributed by atoms with Gasteiger partial charge in [-0.3, -0.25) is 9.20 Å². The summed E-state index contributed by atoms with van der Waals surface area (Å²) in [4.78, 5) is 20.5. The lowest BCUT2D eigenvalue weighted by Gasteiger charge is -2.19. The van der Waals surface area contributed by atoms with Crippen molar-refractivity contribution < 1.29 is 0 Å². The van der Waals surface area contributed by atoms with Gasteiger partial charge in [-0.05, 0) is 18.4 Å². The maximum atomic E-state index is 11.9. The number of nitrogens with zero attached hydrogens (tertiary/aromatic N) is 3. The average molecular weight is 246 g/mol. The van der Waals surface area contributed by atoms with E-state index < -0.39 is 0 Å². The van der Waals surface area contributed by atoms with E-state index in [-0.39, 0.29) is 11.0 Å². The highest BCUT2D eigenvalue weighted by atomic mass is 16.1. The molecular formula is C13H18N4O. The number of hydrogen-bond acceptors (Lipinski definition) is 4. The molecule has 18 heavy (non-hydrogen) atoms. The van der Waals surface area contributed by atoms with Crippen LogP contribution in [0.4, 0.5) is 5.82 Å². The Kier molecular flexibility index (Phi) is 3.07. The lowest BCUT2D eigenvalue weighted by Crippen LogP contribution is -2.22. The second-order valence-electron chi connectivity index (χ2n) is 5.63. The Morgan fingerprint density at radius 3 is 2.72 bits per heavy atom. The highest BCUT2D eigenvalue weighted by Crippen LogP contribution is 2.13. The van der Waals surface area contributed by atoms with Crippen LogP contribution in [0, 0.1) is 12.3 Å². The summed E-state index contributed by atoms with van der Waals surface area (Å²) in [6, 6.07) is 3.29. The molecule has 0 spiro atoms. The van der Waals surface area contributed by atoms with Crippen molar-refractivity contribution >= 4 is 11.6 Å². The lowest BCUT2D eigenvalue weighted by molar-refractivity contribution is 0.442. The van der Waals surface area contributed by atoms with Gasteiger partial charge in [0.1, 0.15) is 5.82 Å². The van der Waals surface area contributed by atoms with Crippen molar-refractivity contribution in [2.24, 2.45) is 5.41 Å². The molecule has 5 heteroatoms.